The van der Waals surface area contributed by atoms with Crippen molar-refractivity contribution in [1.29, 1.82) is 0 Å². The fourth-order valence-electron chi connectivity index (χ4n) is 2.08. The molecule has 1 atom stereocenters. The first-order valence-corrected chi connectivity index (χ1v) is 6.42. The first-order valence-electron chi connectivity index (χ1n) is 6.42. The molecule has 0 amide bonds. The lowest BCUT2D eigenvalue weighted by Gasteiger charge is -2.16. The molecule has 0 fully saturated rings. The molecule has 1 heterocycles. The second-order valence-electron chi connectivity index (χ2n) is 4.81. The van der Waals surface area contributed by atoms with Crippen molar-refractivity contribution in [3.05, 3.63) is 47.5 Å². The molecule has 0 aliphatic heterocycles. The number of para-hydroxylation sites is 1. The molecule has 0 saturated heterocycles. The van der Waals surface area contributed by atoms with Crippen molar-refractivity contribution in [3.63, 3.8) is 0 Å². The number of aliphatic hydroxyl groups is 1. The lowest BCUT2D eigenvalue weighted by atomic mass is 10.1. The second kappa shape index (κ2) is 5.89. The highest BCUT2D eigenvalue weighted by atomic mass is 16.5. The molecular weight excluding hydrogens is 240 g/mol. The van der Waals surface area contributed by atoms with Gasteiger partial charge in [-0.2, -0.15) is 0 Å². The van der Waals surface area contributed by atoms with Crippen LogP contribution in [0.25, 0.3) is 0 Å². The van der Waals surface area contributed by atoms with Gasteiger partial charge in [0.15, 0.2) is 0 Å². The van der Waals surface area contributed by atoms with Crippen LogP contribution in [0.4, 0.5) is 0 Å². The molecule has 0 spiro atoms. The summed E-state index contributed by atoms with van der Waals surface area (Å²) < 4.78 is 7.65. The normalized spacial score (nSPS) is 12.4. The lowest BCUT2D eigenvalue weighted by molar-refractivity contribution is 0.0913. The van der Waals surface area contributed by atoms with E-state index in [1.54, 1.807) is 6.20 Å². The van der Waals surface area contributed by atoms with E-state index in [1.807, 2.05) is 49.7 Å². The Morgan fingerprint density at radius 2 is 1.95 bits per heavy atom. The van der Waals surface area contributed by atoms with Crippen molar-refractivity contribution in [2.24, 2.45) is 0 Å². The molecule has 1 aromatic heterocycles. The number of aromatic nitrogens is 2. The van der Waals surface area contributed by atoms with Gasteiger partial charge in [-0.3, -0.25) is 0 Å². The van der Waals surface area contributed by atoms with E-state index in [9.17, 15) is 5.11 Å². The summed E-state index contributed by atoms with van der Waals surface area (Å²) in [5.41, 5.74) is 2.18. The summed E-state index contributed by atoms with van der Waals surface area (Å²) in [5.74, 6) is 1.76. The van der Waals surface area contributed by atoms with Crippen molar-refractivity contribution in [3.8, 4) is 5.75 Å². The van der Waals surface area contributed by atoms with E-state index in [2.05, 4.69) is 4.98 Å². The van der Waals surface area contributed by atoms with Gasteiger partial charge in [-0.05, 0) is 31.9 Å². The molecule has 102 valence electrons. The van der Waals surface area contributed by atoms with Gasteiger partial charge in [-0.1, -0.05) is 18.2 Å². The highest BCUT2D eigenvalue weighted by molar-refractivity contribution is 5.39. The first-order chi connectivity index (χ1) is 9.08. The lowest BCUT2D eigenvalue weighted by Crippen LogP contribution is -2.24. The van der Waals surface area contributed by atoms with Crippen LogP contribution in [0.3, 0.4) is 0 Å². The molecule has 0 saturated carbocycles. The average Bonchev–Trinajstić information content (AvgIpc) is 2.74. The van der Waals surface area contributed by atoms with Gasteiger partial charge in [0.25, 0.3) is 0 Å². The molecule has 0 aliphatic carbocycles. The van der Waals surface area contributed by atoms with E-state index >= 15 is 0 Å². The van der Waals surface area contributed by atoms with Gasteiger partial charge < -0.3 is 14.4 Å². The van der Waals surface area contributed by atoms with Crippen LogP contribution in [0.2, 0.25) is 0 Å². The Labute approximate surface area is 113 Å². The maximum Gasteiger partial charge on any atom is 0.125 e. The van der Waals surface area contributed by atoms with Crippen molar-refractivity contribution < 1.29 is 9.84 Å². The fraction of sp³-hybridized carbons (Fsp3) is 0.400. The molecular formula is C15H20N2O2. The number of aryl methyl sites for hydroxylation is 3. The molecule has 4 heteroatoms. The molecule has 1 unspecified atom stereocenters. The Bertz CT molecular complexity index is 529. The SMILES string of the molecule is Cc1cccc(C)c1OCC(O)Cn1ccnc1C. The van der Waals surface area contributed by atoms with Gasteiger partial charge >= 0.3 is 0 Å². The van der Waals surface area contributed by atoms with Gasteiger partial charge in [0.05, 0.1) is 6.54 Å². The Morgan fingerprint density at radius 1 is 1.26 bits per heavy atom. The van der Waals surface area contributed by atoms with Crippen LogP contribution >= 0.6 is 0 Å². The van der Waals surface area contributed by atoms with E-state index in [4.69, 9.17) is 4.74 Å². The van der Waals surface area contributed by atoms with E-state index in [0.717, 1.165) is 22.7 Å². The summed E-state index contributed by atoms with van der Waals surface area (Å²) >= 11 is 0. The van der Waals surface area contributed by atoms with Crippen LogP contribution in [-0.2, 0) is 6.54 Å². The van der Waals surface area contributed by atoms with E-state index in [0.29, 0.717) is 6.54 Å². The van der Waals surface area contributed by atoms with Gasteiger partial charge in [0, 0.05) is 12.4 Å². The van der Waals surface area contributed by atoms with Crippen LogP contribution < -0.4 is 4.74 Å². The number of ether oxygens (including phenoxy) is 1. The standard InChI is InChI=1S/C15H20N2O2/c1-11-5-4-6-12(2)15(11)19-10-14(18)9-17-8-7-16-13(17)3/h4-8,14,18H,9-10H2,1-3H3. The average molecular weight is 260 g/mol. The quantitative estimate of drug-likeness (QED) is 0.897. The Kier molecular flexibility index (Phi) is 4.22. The van der Waals surface area contributed by atoms with E-state index < -0.39 is 6.10 Å². The maximum atomic E-state index is 10.0. The number of hydrogen-bond acceptors (Lipinski definition) is 3. The summed E-state index contributed by atoms with van der Waals surface area (Å²) in [7, 11) is 0. The Balaban J connectivity index is 1.94. The minimum Gasteiger partial charge on any atom is -0.490 e. The van der Waals surface area contributed by atoms with Gasteiger partial charge in [0.2, 0.25) is 0 Å². The third-order valence-corrected chi connectivity index (χ3v) is 3.16. The zero-order valence-electron chi connectivity index (χ0n) is 11.6. The number of nitrogens with zero attached hydrogens (tertiary/aromatic N) is 2. The summed E-state index contributed by atoms with van der Waals surface area (Å²) in [6.07, 6.45) is 3.04. The largest absolute Gasteiger partial charge is 0.490 e. The zero-order valence-corrected chi connectivity index (χ0v) is 11.6. The number of hydrogen-bond donors (Lipinski definition) is 1. The molecule has 2 aromatic rings. The van der Waals surface area contributed by atoms with Gasteiger partial charge in [-0.15, -0.1) is 0 Å². The predicted octanol–water partition coefficient (Wildman–Crippen LogP) is 2.25. The summed E-state index contributed by atoms with van der Waals surface area (Å²) in [4.78, 5) is 4.13. The summed E-state index contributed by atoms with van der Waals surface area (Å²) in [6.45, 7) is 6.71. The molecule has 1 N–H and O–H groups in total. The van der Waals surface area contributed by atoms with Crippen LogP contribution in [0, 0.1) is 20.8 Å². The van der Waals surface area contributed by atoms with Crippen LogP contribution in [0.15, 0.2) is 30.6 Å². The molecule has 19 heavy (non-hydrogen) atoms. The minimum absolute atomic E-state index is 0.281. The third kappa shape index (κ3) is 3.35. The zero-order chi connectivity index (χ0) is 13.8. The summed E-state index contributed by atoms with van der Waals surface area (Å²) in [5, 5.41) is 10.0. The van der Waals surface area contributed by atoms with E-state index in [1.165, 1.54) is 0 Å². The van der Waals surface area contributed by atoms with Crippen molar-refractivity contribution in [2.45, 2.75) is 33.4 Å². The van der Waals surface area contributed by atoms with Crippen molar-refractivity contribution >= 4 is 0 Å². The maximum absolute atomic E-state index is 10.0. The van der Waals surface area contributed by atoms with Crippen LogP contribution in [0.5, 0.6) is 5.75 Å². The molecule has 0 bridgehead atoms. The fourth-order valence-corrected chi connectivity index (χ4v) is 2.08. The Morgan fingerprint density at radius 3 is 2.53 bits per heavy atom. The van der Waals surface area contributed by atoms with E-state index in [-0.39, 0.29) is 6.61 Å². The predicted molar refractivity (Wildman–Crippen MR) is 74.4 cm³/mol. The van der Waals surface area contributed by atoms with Gasteiger partial charge in [-0.25, -0.2) is 4.98 Å². The molecule has 2 rings (SSSR count). The number of benzene rings is 1. The highest BCUT2D eigenvalue weighted by Gasteiger charge is 2.10. The first kappa shape index (κ1) is 13.6. The number of aliphatic hydroxyl groups excluding tert-OH is 1. The molecule has 0 aliphatic rings. The minimum atomic E-state index is -0.549. The smallest absolute Gasteiger partial charge is 0.125 e. The third-order valence-electron chi connectivity index (χ3n) is 3.16. The molecule has 0 radical (unpaired) electrons. The number of imidazole rings is 1. The molecule has 1 aromatic carbocycles. The van der Waals surface area contributed by atoms with Crippen molar-refractivity contribution in [1.82, 2.24) is 9.55 Å². The highest BCUT2D eigenvalue weighted by Crippen LogP contribution is 2.22. The Hall–Kier alpha value is -1.81. The molecule has 4 nitrogen and oxygen atoms in total. The number of rotatable bonds is 5. The van der Waals surface area contributed by atoms with Gasteiger partial charge in [0.1, 0.15) is 24.3 Å². The van der Waals surface area contributed by atoms with Crippen molar-refractivity contribution in [2.75, 3.05) is 6.61 Å². The van der Waals surface area contributed by atoms with Crippen LogP contribution in [-0.4, -0.2) is 27.4 Å². The topological polar surface area (TPSA) is 47.3 Å². The monoisotopic (exact) mass is 260 g/mol. The van der Waals surface area contributed by atoms with Crippen LogP contribution in [0.1, 0.15) is 17.0 Å². The second-order valence-corrected chi connectivity index (χ2v) is 4.81. The summed E-state index contributed by atoms with van der Waals surface area (Å²) in [6, 6.07) is 6.02.